The molecule has 0 bridgehead atoms. The quantitative estimate of drug-likeness (QED) is 0.540. The summed E-state index contributed by atoms with van der Waals surface area (Å²) >= 11 is 0. The van der Waals surface area contributed by atoms with Crippen LogP contribution in [-0.2, 0) is 28.1 Å². The first kappa shape index (κ1) is 25.8. The average molecular weight is 401 g/mol. The summed E-state index contributed by atoms with van der Waals surface area (Å²) in [5.41, 5.74) is 8.55. The van der Waals surface area contributed by atoms with E-state index >= 15 is 0 Å². The molecule has 0 spiro atoms. The topological polar surface area (TPSA) is 20.2 Å². The second kappa shape index (κ2) is 9.29. The van der Waals surface area contributed by atoms with E-state index in [9.17, 15) is 5.11 Å². The smallest absolute Gasteiger partial charge is 1.00 e. The molecule has 0 saturated heterocycles. The molecule has 130 valence electrons. The third-order valence-electron chi connectivity index (χ3n) is 5.16. The molecule has 1 aliphatic carbocycles. The van der Waals surface area contributed by atoms with E-state index in [1.54, 1.807) is 0 Å². The maximum absolute atomic E-state index is 10.5. The van der Waals surface area contributed by atoms with Gasteiger partial charge in [-0.3, -0.25) is 0 Å². The Labute approximate surface area is 174 Å². The summed E-state index contributed by atoms with van der Waals surface area (Å²) in [6.45, 7) is 16.9. The molecular formula is C20H26Cl2OTi. The first-order valence-electron chi connectivity index (χ1n) is 7.55. The van der Waals surface area contributed by atoms with Crippen LogP contribution in [-0.4, -0.2) is 5.11 Å². The van der Waals surface area contributed by atoms with Crippen LogP contribution in [0.2, 0.25) is 0 Å². The number of hydrogen-bond acceptors (Lipinski definition) is 1. The molecule has 1 aliphatic rings. The normalized spacial score (nSPS) is 15.4. The van der Waals surface area contributed by atoms with Crippen molar-refractivity contribution in [3.63, 3.8) is 0 Å². The van der Waals surface area contributed by atoms with Crippen LogP contribution in [0.25, 0.3) is 5.57 Å². The summed E-state index contributed by atoms with van der Waals surface area (Å²) in [4.78, 5) is 0. The second-order valence-electron chi connectivity index (χ2n) is 6.62. The van der Waals surface area contributed by atoms with Gasteiger partial charge >= 0.3 is 21.7 Å². The van der Waals surface area contributed by atoms with Gasteiger partial charge in [0.2, 0.25) is 0 Å². The largest absolute Gasteiger partial charge is 2.00 e. The Morgan fingerprint density at radius 2 is 1.58 bits per heavy atom. The molecule has 0 aliphatic heterocycles. The number of phenols is 1. The number of phenolic OH excluding ortho intramolecular Hbond substituents is 1. The molecule has 1 nitrogen and oxygen atoms in total. The fourth-order valence-electron chi connectivity index (χ4n) is 3.47. The number of hydrogen-bond donors (Lipinski definition) is 1. The van der Waals surface area contributed by atoms with Gasteiger partial charge in [0.05, 0.1) is 0 Å². The van der Waals surface area contributed by atoms with E-state index < -0.39 is 0 Å². The Kier molecular flexibility index (Phi) is 9.98. The molecule has 4 heteroatoms. The molecule has 0 fully saturated rings. The van der Waals surface area contributed by atoms with Crippen molar-refractivity contribution in [3.8, 4) is 5.75 Å². The van der Waals surface area contributed by atoms with E-state index in [0.717, 1.165) is 16.7 Å². The van der Waals surface area contributed by atoms with Crippen molar-refractivity contribution >= 4 is 5.57 Å². The molecule has 1 N–H and O–H groups in total. The molecule has 0 atom stereocenters. The molecule has 1 aromatic carbocycles. The van der Waals surface area contributed by atoms with Crippen molar-refractivity contribution < 1.29 is 51.6 Å². The number of aryl methyl sites for hydroxylation is 1. The summed E-state index contributed by atoms with van der Waals surface area (Å²) in [6.07, 6.45) is 2.55. The molecule has 1 aromatic rings. The number of aromatic hydroxyl groups is 1. The van der Waals surface area contributed by atoms with Crippen LogP contribution < -0.4 is 24.8 Å². The molecule has 0 amide bonds. The number of rotatable bonds is 3. The standard InChI is InChI=1S/C20H26O.2ClH.Ti/c1-8-9-17-16(11-10-12(2)19(17)21)18-14(4)13(3)15(5)20(18,6)7;;;/h8,10-11,21H,1,9H2,2-7H3;2*1H;/q;;;+2/p-2. The maximum atomic E-state index is 10.5. The van der Waals surface area contributed by atoms with Gasteiger partial charge in [0.1, 0.15) is 5.75 Å². The summed E-state index contributed by atoms with van der Waals surface area (Å²) in [6, 6.07) is 4.16. The summed E-state index contributed by atoms with van der Waals surface area (Å²) < 4.78 is 0. The van der Waals surface area contributed by atoms with Gasteiger partial charge in [0, 0.05) is 11.0 Å². The predicted octanol–water partition coefficient (Wildman–Crippen LogP) is -0.416. The van der Waals surface area contributed by atoms with Crippen molar-refractivity contribution in [2.24, 2.45) is 5.41 Å². The van der Waals surface area contributed by atoms with Crippen LogP contribution in [0.4, 0.5) is 0 Å². The zero-order valence-corrected chi connectivity index (χ0v) is 18.4. The van der Waals surface area contributed by atoms with E-state index in [2.05, 4.69) is 47.3 Å². The van der Waals surface area contributed by atoms with Gasteiger partial charge in [0.15, 0.2) is 0 Å². The Morgan fingerprint density at radius 3 is 2.00 bits per heavy atom. The fourth-order valence-corrected chi connectivity index (χ4v) is 3.47. The molecule has 0 heterocycles. The van der Waals surface area contributed by atoms with Gasteiger partial charge in [-0.05, 0) is 62.0 Å². The van der Waals surface area contributed by atoms with E-state index in [0.29, 0.717) is 12.2 Å². The minimum atomic E-state index is 0. The van der Waals surface area contributed by atoms with Crippen LogP contribution >= 0.6 is 0 Å². The summed E-state index contributed by atoms with van der Waals surface area (Å²) in [5, 5.41) is 10.5. The second-order valence-corrected chi connectivity index (χ2v) is 6.62. The van der Waals surface area contributed by atoms with Crippen molar-refractivity contribution in [1.29, 1.82) is 0 Å². The van der Waals surface area contributed by atoms with Crippen molar-refractivity contribution in [1.82, 2.24) is 0 Å². The van der Waals surface area contributed by atoms with Crippen molar-refractivity contribution in [2.45, 2.75) is 48.0 Å². The molecule has 0 aromatic heterocycles. The van der Waals surface area contributed by atoms with Gasteiger partial charge in [-0.25, -0.2) is 0 Å². The van der Waals surface area contributed by atoms with E-state index in [1.807, 2.05) is 19.1 Å². The van der Waals surface area contributed by atoms with E-state index in [1.165, 1.54) is 22.3 Å². The first-order chi connectivity index (χ1) is 9.73. The molecular weight excluding hydrogens is 375 g/mol. The monoisotopic (exact) mass is 400 g/mol. The summed E-state index contributed by atoms with van der Waals surface area (Å²) in [7, 11) is 0. The van der Waals surface area contributed by atoms with Gasteiger partial charge in [0.25, 0.3) is 0 Å². The third kappa shape index (κ3) is 4.02. The van der Waals surface area contributed by atoms with E-state index in [-0.39, 0.29) is 51.9 Å². The van der Waals surface area contributed by atoms with E-state index in [4.69, 9.17) is 0 Å². The minimum Gasteiger partial charge on any atom is -1.00 e. The zero-order valence-electron chi connectivity index (χ0n) is 15.3. The van der Waals surface area contributed by atoms with Gasteiger partial charge in [-0.15, -0.1) is 6.58 Å². The van der Waals surface area contributed by atoms with Gasteiger partial charge < -0.3 is 29.9 Å². The Balaban J connectivity index is 0. The number of allylic oxidation sites excluding steroid dienone is 5. The van der Waals surface area contributed by atoms with Crippen molar-refractivity contribution in [3.05, 3.63) is 58.2 Å². The zero-order chi connectivity index (χ0) is 15.9. The Hall–Kier alpha value is -0.466. The molecule has 2 rings (SSSR count). The molecule has 0 saturated carbocycles. The summed E-state index contributed by atoms with van der Waals surface area (Å²) in [5.74, 6) is 0.408. The average Bonchev–Trinajstić information content (AvgIpc) is 2.57. The van der Waals surface area contributed by atoms with Crippen LogP contribution in [0.15, 0.2) is 41.5 Å². The van der Waals surface area contributed by atoms with Gasteiger partial charge in [-0.2, -0.15) is 0 Å². The SMILES string of the molecule is C=CCc1c(C2=C(C)C(C)=C(C)C2(C)C)ccc(C)c1O.[Cl-].[Cl-].[Ti+2]. The number of benzene rings is 1. The van der Waals surface area contributed by atoms with Crippen LogP contribution in [0.3, 0.4) is 0 Å². The number of halogens is 2. The maximum Gasteiger partial charge on any atom is 2.00 e. The third-order valence-corrected chi connectivity index (χ3v) is 5.16. The van der Waals surface area contributed by atoms with Crippen molar-refractivity contribution in [2.75, 3.05) is 0 Å². The predicted molar refractivity (Wildman–Crippen MR) is 91.5 cm³/mol. The fraction of sp³-hybridized carbons (Fsp3) is 0.400. The Bertz CT molecular complexity index is 685. The first-order valence-corrected chi connectivity index (χ1v) is 7.55. The minimum absolute atomic E-state index is 0. The Morgan fingerprint density at radius 1 is 1.04 bits per heavy atom. The molecule has 0 radical (unpaired) electrons. The molecule has 0 unspecified atom stereocenters. The van der Waals surface area contributed by atoms with Gasteiger partial charge in [-0.1, -0.05) is 37.6 Å². The van der Waals surface area contributed by atoms with Crippen LogP contribution in [0, 0.1) is 12.3 Å². The van der Waals surface area contributed by atoms with Crippen LogP contribution in [0.5, 0.6) is 5.75 Å². The van der Waals surface area contributed by atoms with Crippen LogP contribution in [0.1, 0.15) is 51.3 Å². The molecule has 24 heavy (non-hydrogen) atoms.